The highest BCUT2D eigenvalue weighted by Crippen LogP contribution is 2.57. The third kappa shape index (κ3) is 5.61. The lowest BCUT2D eigenvalue weighted by Crippen LogP contribution is -2.28. The summed E-state index contributed by atoms with van der Waals surface area (Å²) in [6, 6.07) is 59.6. The van der Waals surface area contributed by atoms with Gasteiger partial charge in [0.05, 0.1) is 5.41 Å². The van der Waals surface area contributed by atoms with E-state index in [0.29, 0.717) is 0 Å². The van der Waals surface area contributed by atoms with Gasteiger partial charge in [-0.2, -0.15) is 0 Å². The normalized spacial score (nSPS) is 13.1. The molecule has 1 aliphatic rings. The van der Waals surface area contributed by atoms with Crippen LogP contribution >= 0.6 is 0 Å². The highest BCUT2D eigenvalue weighted by molar-refractivity contribution is 5.90. The van der Waals surface area contributed by atoms with Crippen LogP contribution in [0.2, 0.25) is 0 Å². The molecule has 1 heterocycles. The summed E-state index contributed by atoms with van der Waals surface area (Å²) in [5.41, 5.74) is 14.9. The van der Waals surface area contributed by atoms with Gasteiger partial charge in [0.25, 0.3) is 0 Å². The van der Waals surface area contributed by atoms with Crippen molar-refractivity contribution in [1.82, 2.24) is 4.98 Å². The van der Waals surface area contributed by atoms with E-state index in [1.807, 2.05) is 30.6 Å². The number of benzene rings is 6. The molecule has 51 heavy (non-hydrogen) atoms. The van der Waals surface area contributed by atoms with E-state index in [1.165, 1.54) is 33.4 Å². The van der Waals surface area contributed by atoms with Crippen LogP contribution in [0.3, 0.4) is 0 Å². The van der Waals surface area contributed by atoms with Gasteiger partial charge in [-0.15, -0.1) is 0 Å². The van der Waals surface area contributed by atoms with E-state index < -0.39 is 5.41 Å². The third-order valence-electron chi connectivity index (χ3n) is 10.0. The molecule has 6 aromatic carbocycles. The van der Waals surface area contributed by atoms with Gasteiger partial charge in [0.1, 0.15) is 0 Å². The number of fused-ring (bicyclic) bond motifs is 3. The van der Waals surface area contributed by atoms with Crippen LogP contribution in [0.25, 0.3) is 27.8 Å². The Labute approximate surface area is 301 Å². The van der Waals surface area contributed by atoms with Gasteiger partial charge in [-0.25, -0.2) is 0 Å². The van der Waals surface area contributed by atoms with Crippen molar-refractivity contribution >= 4 is 22.6 Å². The van der Waals surface area contributed by atoms with Crippen molar-refractivity contribution < 1.29 is 0 Å². The summed E-state index contributed by atoms with van der Waals surface area (Å²) >= 11 is 0. The molecule has 0 spiro atoms. The second-order valence-corrected chi connectivity index (χ2v) is 12.8. The Morgan fingerprint density at radius 3 is 1.82 bits per heavy atom. The lowest BCUT2D eigenvalue weighted by Gasteiger charge is -2.35. The van der Waals surface area contributed by atoms with Crippen molar-refractivity contribution in [3.8, 4) is 22.3 Å². The minimum absolute atomic E-state index is 0.484. The third-order valence-corrected chi connectivity index (χ3v) is 10.0. The zero-order valence-electron chi connectivity index (χ0n) is 28.7. The highest BCUT2D eigenvalue weighted by Gasteiger charge is 2.46. The zero-order chi connectivity index (χ0) is 34.6. The van der Waals surface area contributed by atoms with Crippen molar-refractivity contribution in [3.63, 3.8) is 0 Å². The van der Waals surface area contributed by atoms with E-state index in [9.17, 15) is 0 Å². The van der Waals surface area contributed by atoms with Crippen molar-refractivity contribution in [2.45, 2.75) is 12.3 Å². The summed E-state index contributed by atoms with van der Waals surface area (Å²) in [6.07, 6.45) is 11.7. The van der Waals surface area contributed by atoms with Crippen LogP contribution in [-0.2, 0) is 5.41 Å². The van der Waals surface area contributed by atoms with Crippen LogP contribution in [0.1, 0.15) is 34.7 Å². The number of hydrogen-bond donors (Lipinski definition) is 0. The van der Waals surface area contributed by atoms with Gasteiger partial charge < -0.3 is 4.90 Å². The van der Waals surface area contributed by atoms with E-state index >= 15 is 0 Å². The first kappa shape index (κ1) is 31.7. The molecule has 7 aromatic rings. The summed E-state index contributed by atoms with van der Waals surface area (Å²) in [7, 11) is 0. The number of hydrogen-bond acceptors (Lipinski definition) is 2. The fraction of sp³-hybridized carbons (Fsp3) is 0.0408. The first-order valence-corrected chi connectivity index (χ1v) is 17.4. The molecule has 0 N–H and O–H groups in total. The number of pyridine rings is 1. The van der Waals surface area contributed by atoms with Gasteiger partial charge in [0, 0.05) is 29.5 Å². The van der Waals surface area contributed by atoms with Gasteiger partial charge in [-0.3, -0.25) is 4.98 Å². The summed E-state index contributed by atoms with van der Waals surface area (Å²) in [6.45, 7) is 5.92. The predicted octanol–water partition coefficient (Wildman–Crippen LogP) is 12.7. The number of allylic oxidation sites excluding steroid dienone is 5. The fourth-order valence-electron chi connectivity index (χ4n) is 7.69. The van der Waals surface area contributed by atoms with E-state index in [1.54, 1.807) is 0 Å². The zero-order valence-corrected chi connectivity index (χ0v) is 28.7. The SMILES string of the molecule is C=C/C=C\C(=C/C)c1ccc(N(c2ccc(-c3cccnc3)cc2)c2ccc3c(c2)C(c2ccccc2)(c2ccccc2)c2ccccc2-3)cc1. The van der Waals surface area contributed by atoms with Crippen LogP contribution in [0.4, 0.5) is 17.1 Å². The Morgan fingerprint density at radius 1 is 0.588 bits per heavy atom. The minimum atomic E-state index is -0.484. The minimum Gasteiger partial charge on any atom is -0.310 e. The lowest BCUT2D eigenvalue weighted by atomic mass is 9.67. The van der Waals surface area contributed by atoms with Crippen molar-refractivity contribution in [3.05, 3.63) is 235 Å². The molecule has 0 unspecified atom stereocenters. The van der Waals surface area contributed by atoms with Crippen molar-refractivity contribution in [2.75, 3.05) is 4.90 Å². The van der Waals surface area contributed by atoms with E-state index in [-0.39, 0.29) is 0 Å². The first-order chi connectivity index (χ1) is 25.2. The van der Waals surface area contributed by atoms with Crippen LogP contribution in [0.15, 0.2) is 207 Å². The molecule has 0 aliphatic heterocycles. The molecule has 0 bridgehead atoms. The highest BCUT2D eigenvalue weighted by atomic mass is 15.1. The summed E-state index contributed by atoms with van der Waals surface area (Å²) in [5, 5.41) is 0. The van der Waals surface area contributed by atoms with Gasteiger partial charge >= 0.3 is 0 Å². The van der Waals surface area contributed by atoms with Gasteiger partial charge in [0.2, 0.25) is 0 Å². The molecule has 0 atom stereocenters. The molecule has 0 saturated carbocycles. The summed E-state index contributed by atoms with van der Waals surface area (Å²) in [4.78, 5) is 6.72. The summed E-state index contributed by atoms with van der Waals surface area (Å²) in [5.74, 6) is 0. The number of rotatable bonds is 9. The largest absolute Gasteiger partial charge is 0.310 e. The lowest BCUT2D eigenvalue weighted by molar-refractivity contribution is 0.768. The second kappa shape index (κ2) is 13.8. The van der Waals surface area contributed by atoms with Gasteiger partial charge in [-0.05, 0) is 105 Å². The quantitative estimate of drug-likeness (QED) is 0.144. The molecule has 0 amide bonds. The molecular weight excluding hydrogens is 617 g/mol. The van der Waals surface area contributed by atoms with E-state index in [4.69, 9.17) is 0 Å². The Kier molecular flexibility index (Phi) is 8.57. The molecule has 8 rings (SSSR count). The molecule has 1 aromatic heterocycles. The van der Waals surface area contributed by atoms with Crippen LogP contribution in [-0.4, -0.2) is 4.98 Å². The Morgan fingerprint density at radius 2 is 1.20 bits per heavy atom. The van der Waals surface area contributed by atoms with Gasteiger partial charge in [0.15, 0.2) is 0 Å². The average Bonchev–Trinajstić information content (AvgIpc) is 3.50. The standard InChI is InChI=1S/C49H38N2/c1-3-5-15-36(4-2)37-23-27-42(28-24-37)51(43-29-25-38(26-30-43)39-16-14-33-50-35-39)44-31-32-46-45-21-12-13-22-47(45)49(48(46)34-44,40-17-8-6-9-18-40)41-19-10-7-11-20-41/h3-35H,1H2,2H3/b15-5-,36-4+. The maximum Gasteiger partial charge on any atom is 0.0714 e. The van der Waals surface area contributed by atoms with Crippen molar-refractivity contribution in [1.29, 1.82) is 0 Å². The van der Waals surface area contributed by atoms with Crippen LogP contribution in [0.5, 0.6) is 0 Å². The number of aromatic nitrogens is 1. The average molecular weight is 655 g/mol. The number of nitrogens with zero attached hydrogens (tertiary/aromatic N) is 2. The second-order valence-electron chi connectivity index (χ2n) is 12.8. The van der Waals surface area contributed by atoms with E-state index in [0.717, 1.165) is 39.3 Å². The summed E-state index contributed by atoms with van der Waals surface area (Å²) < 4.78 is 0. The predicted molar refractivity (Wildman–Crippen MR) is 215 cm³/mol. The van der Waals surface area contributed by atoms with Crippen LogP contribution in [0, 0.1) is 0 Å². The Hall–Kier alpha value is -6.51. The molecule has 0 fully saturated rings. The smallest absolute Gasteiger partial charge is 0.0714 e. The van der Waals surface area contributed by atoms with Crippen LogP contribution < -0.4 is 4.90 Å². The first-order valence-electron chi connectivity index (χ1n) is 17.4. The molecule has 2 nitrogen and oxygen atoms in total. The van der Waals surface area contributed by atoms with Gasteiger partial charge in [-0.1, -0.05) is 152 Å². The molecule has 244 valence electrons. The number of anilines is 3. The molecule has 0 radical (unpaired) electrons. The maximum atomic E-state index is 4.35. The Balaban J connectivity index is 1.34. The fourth-order valence-corrected chi connectivity index (χ4v) is 7.69. The molecular formula is C49H38N2. The van der Waals surface area contributed by atoms with E-state index in [2.05, 4.69) is 193 Å². The molecule has 2 heteroatoms. The van der Waals surface area contributed by atoms with Crippen molar-refractivity contribution in [2.24, 2.45) is 0 Å². The Bertz CT molecular complexity index is 2310. The monoisotopic (exact) mass is 654 g/mol. The molecule has 1 aliphatic carbocycles. The molecule has 0 saturated heterocycles. The maximum absolute atomic E-state index is 4.35. The topological polar surface area (TPSA) is 16.1 Å².